The zero-order chi connectivity index (χ0) is 12.8. The number of benzene rings is 1. The van der Waals surface area contributed by atoms with Crippen molar-refractivity contribution < 1.29 is 5.11 Å². The van der Waals surface area contributed by atoms with Gasteiger partial charge in [0.1, 0.15) is 5.84 Å². The molecule has 3 nitrogen and oxygen atoms in total. The van der Waals surface area contributed by atoms with Gasteiger partial charge in [0.15, 0.2) is 5.72 Å². The molecule has 0 saturated heterocycles. The lowest BCUT2D eigenvalue weighted by Gasteiger charge is -2.36. The van der Waals surface area contributed by atoms with Gasteiger partial charge in [0, 0.05) is 17.2 Å². The molecule has 0 aromatic heterocycles. The van der Waals surface area contributed by atoms with Gasteiger partial charge in [-0.1, -0.05) is 37.6 Å². The molecule has 1 aromatic carbocycles. The topological polar surface area (TPSA) is 47.3 Å². The second kappa shape index (κ2) is 4.09. The van der Waals surface area contributed by atoms with E-state index in [9.17, 15) is 5.11 Å². The SMILES string of the molecule is CCCCC1(O)c2ccccc2C(=N)N1C1CC1. The van der Waals surface area contributed by atoms with Gasteiger partial charge in [-0.25, -0.2) is 0 Å². The maximum absolute atomic E-state index is 11.1. The fraction of sp³-hybridized carbons (Fsp3) is 0.533. The van der Waals surface area contributed by atoms with Crippen molar-refractivity contribution in [3.8, 4) is 0 Å². The summed E-state index contributed by atoms with van der Waals surface area (Å²) in [5.74, 6) is 0.506. The van der Waals surface area contributed by atoms with Crippen LogP contribution in [0.1, 0.15) is 50.2 Å². The van der Waals surface area contributed by atoms with E-state index >= 15 is 0 Å². The van der Waals surface area contributed by atoms with Gasteiger partial charge < -0.3 is 10.0 Å². The van der Waals surface area contributed by atoms with E-state index in [1.165, 1.54) is 0 Å². The Morgan fingerprint density at radius 2 is 2.11 bits per heavy atom. The quantitative estimate of drug-likeness (QED) is 0.855. The third kappa shape index (κ3) is 1.57. The highest BCUT2D eigenvalue weighted by molar-refractivity contribution is 6.01. The molecule has 0 amide bonds. The van der Waals surface area contributed by atoms with Gasteiger partial charge in [-0.05, 0) is 25.7 Å². The largest absolute Gasteiger partial charge is 0.367 e. The highest BCUT2D eigenvalue weighted by Crippen LogP contribution is 2.46. The van der Waals surface area contributed by atoms with E-state index in [1.54, 1.807) is 0 Å². The lowest BCUT2D eigenvalue weighted by Crippen LogP contribution is -2.45. The number of hydrogen-bond acceptors (Lipinski definition) is 2. The summed E-state index contributed by atoms with van der Waals surface area (Å²) in [5, 5.41) is 19.4. The summed E-state index contributed by atoms with van der Waals surface area (Å²) in [6.07, 6.45) is 4.98. The van der Waals surface area contributed by atoms with Crippen molar-refractivity contribution in [3.05, 3.63) is 35.4 Å². The smallest absolute Gasteiger partial charge is 0.166 e. The van der Waals surface area contributed by atoms with Crippen molar-refractivity contribution in [2.75, 3.05) is 0 Å². The van der Waals surface area contributed by atoms with Crippen molar-refractivity contribution in [2.24, 2.45) is 0 Å². The van der Waals surface area contributed by atoms with Crippen LogP contribution in [-0.2, 0) is 5.72 Å². The van der Waals surface area contributed by atoms with E-state index < -0.39 is 5.72 Å². The number of unbranched alkanes of at least 4 members (excludes halogenated alkanes) is 1. The van der Waals surface area contributed by atoms with E-state index in [-0.39, 0.29) is 0 Å². The monoisotopic (exact) mass is 244 g/mol. The first-order chi connectivity index (χ1) is 8.68. The Kier molecular flexibility index (Phi) is 2.67. The molecule has 1 aliphatic heterocycles. The van der Waals surface area contributed by atoms with Crippen LogP contribution in [0.15, 0.2) is 24.3 Å². The van der Waals surface area contributed by atoms with Crippen molar-refractivity contribution in [2.45, 2.75) is 50.8 Å². The zero-order valence-electron chi connectivity index (χ0n) is 10.8. The Balaban J connectivity index is 2.04. The lowest BCUT2D eigenvalue weighted by atomic mass is 9.96. The molecule has 0 radical (unpaired) electrons. The summed E-state index contributed by atoms with van der Waals surface area (Å²) in [6.45, 7) is 2.14. The van der Waals surface area contributed by atoms with Gasteiger partial charge in [-0.2, -0.15) is 0 Å². The van der Waals surface area contributed by atoms with E-state index in [0.717, 1.165) is 43.2 Å². The van der Waals surface area contributed by atoms with Crippen LogP contribution in [0.3, 0.4) is 0 Å². The molecule has 1 atom stereocenters. The third-order valence-corrected chi connectivity index (χ3v) is 4.04. The first-order valence-corrected chi connectivity index (χ1v) is 6.88. The van der Waals surface area contributed by atoms with Crippen molar-refractivity contribution in [1.29, 1.82) is 5.41 Å². The zero-order valence-corrected chi connectivity index (χ0v) is 10.8. The molecule has 1 saturated carbocycles. The maximum Gasteiger partial charge on any atom is 0.166 e. The van der Waals surface area contributed by atoms with Crippen molar-refractivity contribution in [3.63, 3.8) is 0 Å². The van der Waals surface area contributed by atoms with Crippen molar-refractivity contribution in [1.82, 2.24) is 4.90 Å². The minimum absolute atomic E-state index is 0.367. The number of nitrogens with one attached hydrogen (secondary N) is 1. The molecule has 1 aliphatic carbocycles. The van der Waals surface area contributed by atoms with Gasteiger partial charge in [-0.3, -0.25) is 5.41 Å². The van der Waals surface area contributed by atoms with E-state index in [4.69, 9.17) is 5.41 Å². The Morgan fingerprint density at radius 3 is 2.78 bits per heavy atom. The van der Waals surface area contributed by atoms with Crippen LogP contribution < -0.4 is 0 Å². The Labute approximate surface area is 108 Å². The number of hydrogen-bond donors (Lipinski definition) is 2. The summed E-state index contributed by atoms with van der Waals surface area (Å²) in [4.78, 5) is 1.95. The molecule has 96 valence electrons. The number of amidine groups is 1. The van der Waals surface area contributed by atoms with Gasteiger partial charge in [0.05, 0.1) is 0 Å². The van der Waals surface area contributed by atoms with Crippen LogP contribution in [0.25, 0.3) is 0 Å². The van der Waals surface area contributed by atoms with Crippen LogP contribution in [0, 0.1) is 5.41 Å². The number of nitrogens with zero attached hydrogens (tertiary/aromatic N) is 1. The molecule has 2 N–H and O–H groups in total. The minimum atomic E-state index is -0.940. The van der Waals surface area contributed by atoms with Crippen LogP contribution >= 0.6 is 0 Å². The van der Waals surface area contributed by atoms with E-state index in [1.807, 2.05) is 29.2 Å². The fourth-order valence-corrected chi connectivity index (χ4v) is 2.98. The predicted molar refractivity (Wildman–Crippen MR) is 71.6 cm³/mol. The fourth-order valence-electron chi connectivity index (χ4n) is 2.98. The van der Waals surface area contributed by atoms with Gasteiger partial charge in [0.2, 0.25) is 0 Å². The molecule has 1 fully saturated rings. The highest BCUT2D eigenvalue weighted by Gasteiger charge is 2.51. The molecule has 0 bridgehead atoms. The molecule has 1 heterocycles. The first kappa shape index (κ1) is 11.7. The summed E-state index contributed by atoms with van der Waals surface area (Å²) in [6, 6.07) is 8.20. The normalized spacial score (nSPS) is 26.6. The van der Waals surface area contributed by atoms with Gasteiger partial charge in [0.25, 0.3) is 0 Å². The van der Waals surface area contributed by atoms with Crippen LogP contribution in [0.5, 0.6) is 0 Å². The van der Waals surface area contributed by atoms with Crippen molar-refractivity contribution >= 4 is 5.84 Å². The molecule has 2 aliphatic rings. The van der Waals surface area contributed by atoms with Gasteiger partial charge in [-0.15, -0.1) is 0 Å². The van der Waals surface area contributed by atoms with Gasteiger partial charge >= 0.3 is 0 Å². The summed E-state index contributed by atoms with van der Waals surface area (Å²) in [5.41, 5.74) is 0.892. The lowest BCUT2D eigenvalue weighted by molar-refractivity contribution is -0.0817. The number of fused-ring (bicyclic) bond motifs is 1. The molecule has 0 spiro atoms. The van der Waals surface area contributed by atoms with E-state index in [2.05, 4.69) is 6.92 Å². The third-order valence-electron chi connectivity index (χ3n) is 4.04. The Hall–Kier alpha value is -1.35. The average Bonchev–Trinajstić information content (AvgIpc) is 3.18. The molecular weight excluding hydrogens is 224 g/mol. The second-order valence-electron chi connectivity index (χ2n) is 5.42. The summed E-state index contributed by atoms with van der Waals surface area (Å²) < 4.78 is 0. The first-order valence-electron chi connectivity index (χ1n) is 6.88. The molecule has 3 rings (SSSR count). The number of rotatable bonds is 4. The highest BCUT2D eigenvalue weighted by atomic mass is 16.3. The molecular formula is C15H20N2O. The van der Waals surface area contributed by atoms with Crippen LogP contribution in [0.4, 0.5) is 0 Å². The predicted octanol–water partition coefficient (Wildman–Crippen LogP) is 2.83. The minimum Gasteiger partial charge on any atom is -0.367 e. The average molecular weight is 244 g/mol. The van der Waals surface area contributed by atoms with Crippen LogP contribution in [-0.4, -0.2) is 21.9 Å². The summed E-state index contributed by atoms with van der Waals surface area (Å²) in [7, 11) is 0. The molecule has 1 aromatic rings. The van der Waals surface area contributed by atoms with Crippen LogP contribution in [0.2, 0.25) is 0 Å². The molecule has 18 heavy (non-hydrogen) atoms. The standard InChI is InChI=1S/C15H20N2O/c1-2-3-10-15(18)13-7-5-4-6-12(13)14(16)17(15)11-8-9-11/h4-7,11,16,18H,2-3,8-10H2,1H3. The second-order valence-corrected chi connectivity index (χ2v) is 5.42. The number of aliphatic hydroxyl groups is 1. The van der Waals surface area contributed by atoms with E-state index in [0.29, 0.717) is 11.9 Å². The molecule has 1 unspecified atom stereocenters. The molecule has 3 heteroatoms. The Bertz CT molecular complexity index is 481. The maximum atomic E-state index is 11.1. The summed E-state index contributed by atoms with van der Waals surface area (Å²) >= 11 is 0. The Morgan fingerprint density at radius 1 is 1.39 bits per heavy atom.